The average molecular weight is 407 g/mol. The minimum absolute atomic E-state index is 0.0155. The first-order chi connectivity index (χ1) is 14.1. The maximum Gasteiger partial charge on any atom is 0.264 e. The summed E-state index contributed by atoms with van der Waals surface area (Å²) in [5, 5.41) is 3.34. The van der Waals surface area contributed by atoms with E-state index in [0.29, 0.717) is 36.0 Å². The molecule has 1 aliphatic heterocycles. The molecule has 2 amide bonds. The number of aromatic nitrogens is 1. The lowest BCUT2D eigenvalue weighted by atomic mass is 10.1. The fourth-order valence-electron chi connectivity index (χ4n) is 3.19. The number of amides is 2. The van der Waals surface area contributed by atoms with Crippen LogP contribution in [0.15, 0.2) is 54.6 Å². The fraction of sp³-hybridized carbons (Fsp3) is 0.227. The Morgan fingerprint density at radius 2 is 2.00 bits per heavy atom. The normalized spacial score (nSPS) is 12.9. The van der Waals surface area contributed by atoms with Gasteiger partial charge < -0.3 is 9.64 Å². The summed E-state index contributed by atoms with van der Waals surface area (Å²) in [6.45, 7) is 3.02. The highest BCUT2D eigenvalue weighted by atomic mass is 32.1. The zero-order valence-corrected chi connectivity index (χ0v) is 16.9. The van der Waals surface area contributed by atoms with Crippen molar-refractivity contribution in [3.63, 3.8) is 0 Å². The Labute approximate surface area is 173 Å². The number of ether oxygens (including phenoxy) is 1. The first kappa shape index (κ1) is 19.1. The van der Waals surface area contributed by atoms with Crippen LogP contribution in [0.5, 0.6) is 5.75 Å². The number of nitrogens with zero attached hydrogens (tertiary/aromatic N) is 2. The number of thiazole rings is 1. The average Bonchev–Trinajstić information content (AvgIpc) is 3.13. The number of anilines is 1. The van der Waals surface area contributed by atoms with Crippen LogP contribution in [0.3, 0.4) is 0 Å². The summed E-state index contributed by atoms with van der Waals surface area (Å²) in [5.74, 6) is 0.422. The molecule has 3 aromatic rings. The van der Waals surface area contributed by atoms with Crippen LogP contribution in [0.25, 0.3) is 0 Å². The number of carbonyl (C=O) groups is 2. The van der Waals surface area contributed by atoms with Gasteiger partial charge in [0.15, 0.2) is 11.7 Å². The molecule has 0 spiro atoms. The number of carbonyl (C=O) groups excluding carboxylic acids is 2. The van der Waals surface area contributed by atoms with Gasteiger partial charge in [0.1, 0.15) is 5.75 Å². The van der Waals surface area contributed by atoms with Crippen LogP contribution < -0.4 is 10.1 Å². The summed E-state index contributed by atoms with van der Waals surface area (Å²) in [6, 6.07) is 16.8. The van der Waals surface area contributed by atoms with E-state index < -0.39 is 0 Å². The Kier molecular flexibility index (Phi) is 5.57. The largest absolute Gasteiger partial charge is 0.484 e. The number of nitrogens with one attached hydrogen (secondary N) is 1. The molecular formula is C22H21N3O3S. The molecule has 1 N–H and O–H groups in total. The van der Waals surface area contributed by atoms with Crippen LogP contribution in [0, 0.1) is 6.92 Å². The molecule has 2 heterocycles. The van der Waals surface area contributed by atoms with E-state index in [1.54, 1.807) is 0 Å². The molecule has 4 rings (SSSR count). The third-order valence-electron chi connectivity index (χ3n) is 4.65. The van der Waals surface area contributed by atoms with Gasteiger partial charge in [0.2, 0.25) is 0 Å². The molecule has 29 heavy (non-hydrogen) atoms. The van der Waals surface area contributed by atoms with Crippen LogP contribution in [0.4, 0.5) is 5.13 Å². The van der Waals surface area contributed by atoms with Crippen molar-refractivity contribution in [1.29, 1.82) is 0 Å². The van der Waals surface area contributed by atoms with Gasteiger partial charge >= 0.3 is 0 Å². The number of benzene rings is 2. The van der Waals surface area contributed by atoms with Crippen molar-refractivity contribution in [3.05, 3.63) is 76.3 Å². The van der Waals surface area contributed by atoms with Crippen molar-refractivity contribution in [2.75, 3.05) is 18.5 Å². The summed E-state index contributed by atoms with van der Waals surface area (Å²) in [6.07, 6.45) is 0.681. The number of fused-ring (bicyclic) bond motifs is 1. The number of aryl methyl sites for hydroxylation is 1. The zero-order valence-electron chi connectivity index (χ0n) is 16.1. The van der Waals surface area contributed by atoms with Gasteiger partial charge in [0, 0.05) is 23.4 Å². The van der Waals surface area contributed by atoms with Gasteiger partial charge in [-0.1, -0.05) is 41.7 Å². The molecule has 7 heteroatoms. The predicted octanol–water partition coefficient (Wildman–Crippen LogP) is 3.67. The van der Waals surface area contributed by atoms with E-state index in [2.05, 4.69) is 10.3 Å². The summed E-state index contributed by atoms with van der Waals surface area (Å²) in [5.41, 5.74) is 2.70. The summed E-state index contributed by atoms with van der Waals surface area (Å²) in [7, 11) is 0. The molecule has 1 aliphatic rings. The predicted molar refractivity (Wildman–Crippen MR) is 112 cm³/mol. The van der Waals surface area contributed by atoms with E-state index in [1.807, 2.05) is 66.4 Å². The molecular weight excluding hydrogens is 386 g/mol. The van der Waals surface area contributed by atoms with E-state index in [0.717, 1.165) is 16.1 Å². The van der Waals surface area contributed by atoms with Crippen LogP contribution in [0.1, 0.15) is 26.5 Å². The fourth-order valence-corrected chi connectivity index (χ4v) is 4.23. The third kappa shape index (κ3) is 4.63. The molecule has 0 radical (unpaired) electrons. The van der Waals surface area contributed by atoms with Gasteiger partial charge in [-0.05, 0) is 36.8 Å². The van der Waals surface area contributed by atoms with Crippen LogP contribution in [-0.2, 0) is 17.8 Å². The topological polar surface area (TPSA) is 71.5 Å². The lowest BCUT2D eigenvalue weighted by molar-refractivity contribution is -0.118. The number of hydrogen-bond acceptors (Lipinski definition) is 5. The molecule has 0 unspecified atom stereocenters. The lowest BCUT2D eigenvalue weighted by Crippen LogP contribution is -2.35. The Morgan fingerprint density at radius 1 is 1.17 bits per heavy atom. The van der Waals surface area contributed by atoms with Gasteiger partial charge in [0.25, 0.3) is 11.8 Å². The maximum absolute atomic E-state index is 12.7. The minimum atomic E-state index is -0.255. The molecule has 6 nitrogen and oxygen atoms in total. The summed E-state index contributed by atoms with van der Waals surface area (Å²) in [4.78, 5) is 32.2. The highest BCUT2D eigenvalue weighted by molar-refractivity contribution is 7.15. The Bertz CT molecular complexity index is 1030. The molecule has 0 atom stereocenters. The van der Waals surface area contributed by atoms with Crippen LogP contribution in [0.2, 0.25) is 0 Å². The maximum atomic E-state index is 12.7. The molecule has 0 saturated carbocycles. The third-order valence-corrected chi connectivity index (χ3v) is 5.64. The van der Waals surface area contributed by atoms with E-state index in [-0.39, 0.29) is 18.4 Å². The summed E-state index contributed by atoms with van der Waals surface area (Å²) < 4.78 is 5.53. The van der Waals surface area contributed by atoms with Gasteiger partial charge in [-0.2, -0.15) is 0 Å². The highest BCUT2D eigenvalue weighted by Gasteiger charge is 2.25. The van der Waals surface area contributed by atoms with Gasteiger partial charge in [0.05, 0.1) is 12.2 Å². The van der Waals surface area contributed by atoms with E-state index >= 15 is 0 Å². The molecule has 1 aromatic heterocycles. The molecule has 0 aliphatic carbocycles. The van der Waals surface area contributed by atoms with Crippen molar-refractivity contribution >= 4 is 28.3 Å². The second-order valence-electron chi connectivity index (χ2n) is 6.88. The van der Waals surface area contributed by atoms with Crippen molar-refractivity contribution in [2.45, 2.75) is 19.9 Å². The van der Waals surface area contributed by atoms with Gasteiger partial charge in [-0.25, -0.2) is 4.98 Å². The van der Waals surface area contributed by atoms with Gasteiger partial charge in [-0.15, -0.1) is 0 Å². The second-order valence-corrected chi connectivity index (χ2v) is 7.97. The molecule has 0 saturated heterocycles. The molecule has 0 fully saturated rings. The van der Waals surface area contributed by atoms with E-state index in [9.17, 15) is 9.59 Å². The second kappa shape index (κ2) is 8.45. The Morgan fingerprint density at radius 3 is 2.79 bits per heavy atom. The Hall–Kier alpha value is -3.19. The number of rotatable bonds is 5. The minimum Gasteiger partial charge on any atom is -0.484 e. The van der Waals surface area contributed by atoms with E-state index in [4.69, 9.17) is 4.74 Å². The van der Waals surface area contributed by atoms with Crippen LogP contribution >= 0.6 is 11.3 Å². The van der Waals surface area contributed by atoms with Crippen molar-refractivity contribution in [3.8, 4) is 5.75 Å². The van der Waals surface area contributed by atoms with Crippen LogP contribution in [-0.4, -0.2) is 34.8 Å². The smallest absolute Gasteiger partial charge is 0.264 e. The van der Waals surface area contributed by atoms with Crippen molar-refractivity contribution < 1.29 is 14.3 Å². The van der Waals surface area contributed by atoms with Crippen molar-refractivity contribution in [2.24, 2.45) is 0 Å². The van der Waals surface area contributed by atoms with Gasteiger partial charge in [-0.3, -0.25) is 14.9 Å². The lowest BCUT2D eigenvalue weighted by Gasteiger charge is -2.26. The zero-order chi connectivity index (χ0) is 20.2. The first-order valence-electron chi connectivity index (χ1n) is 9.41. The molecule has 0 bridgehead atoms. The first-order valence-corrected chi connectivity index (χ1v) is 10.2. The number of hydrogen-bond donors (Lipinski definition) is 1. The summed E-state index contributed by atoms with van der Waals surface area (Å²) >= 11 is 1.41. The molecule has 148 valence electrons. The van der Waals surface area contributed by atoms with E-state index in [1.165, 1.54) is 11.3 Å². The highest BCUT2D eigenvalue weighted by Crippen LogP contribution is 2.29. The monoisotopic (exact) mass is 407 g/mol. The quantitative estimate of drug-likeness (QED) is 0.701. The SMILES string of the molecule is Cc1cccc(OCC(=O)Nc2nc3c(s2)CN(C(=O)c2ccccc2)CC3)c1. The Balaban J connectivity index is 1.35. The van der Waals surface area contributed by atoms with Crippen molar-refractivity contribution in [1.82, 2.24) is 9.88 Å². The standard InChI is InChI=1S/C22H21N3O3S/c1-15-6-5-9-17(12-15)28-14-20(26)24-22-23-18-10-11-25(13-19(18)29-22)21(27)16-7-3-2-4-8-16/h2-9,12H,10-11,13-14H2,1H3,(H,23,24,26). The molecule has 2 aromatic carbocycles.